The topological polar surface area (TPSA) is 74.7 Å². The highest BCUT2D eigenvalue weighted by atomic mass is 32.2. The molecule has 0 spiro atoms. The van der Waals surface area contributed by atoms with Crippen LogP contribution in [0, 0.1) is 0 Å². The third-order valence-corrected chi connectivity index (χ3v) is 5.60. The molecule has 0 aromatic carbocycles. The molecule has 32 heavy (non-hydrogen) atoms. The average Bonchev–Trinajstić information content (AvgIpc) is 2.57. The molecular formula is C11H8F15NO4S. The third kappa shape index (κ3) is 3.94. The van der Waals surface area contributed by atoms with E-state index in [2.05, 4.69) is 0 Å². The van der Waals surface area contributed by atoms with Crippen molar-refractivity contribution in [1.82, 2.24) is 4.31 Å². The number of carboxylic acid groups (broad SMARTS) is 1. The molecule has 0 amide bonds. The van der Waals surface area contributed by atoms with E-state index in [1.165, 1.54) is 0 Å². The van der Waals surface area contributed by atoms with Crippen LogP contribution < -0.4 is 0 Å². The monoisotopic (exact) mass is 535 g/mol. The predicted octanol–water partition coefficient (Wildman–Crippen LogP) is 4.05. The van der Waals surface area contributed by atoms with Crippen LogP contribution in [0.2, 0.25) is 0 Å². The lowest BCUT2D eigenvalue weighted by Gasteiger charge is -2.41. The Bertz CT molecular complexity index is 820. The van der Waals surface area contributed by atoms with E-state index < -0.39 is 74.4 Å². The standard InChI is InChI=1S/C11H8F15NO4S/c1-2-27(3-4(28)29)32(30,31)11(25,26)9(20,21)7(16,17)5(12,13)6(14,15)8(18,19)10(22,23)24/h2-3H2,1H3,(H,28,29). The van der Waals surface area contributed by atoms with E-state index in [9.17, 15) is 79.1 Å². The van der Waals surface area contributed by atoms with Gasteiger partial charge in [0.15, 0.2) is 0 Å². The summed E-state index contributed by atoms with van der Waals surface area (Å²) in [6.45, 7) is -3.29. The zero-order chi connectivity index (χ0) is 26.6. The first-order chi connectivity index (χ1) is 13.6. The van der Waals surface area contributed by atoms with Crippen LogP contribution >= 0.6 is 0 Å². The van der Waals surface area contributed by atoms with Gasteiger partial charge in [-0.15, -0.1) is 0 Å². The van der Waals surface area contributed by atoms with Gasteiger partial charge in [-0.2, -0.15) is 70.2 Å². The van der Waals surface area contributed by atoms with E-state index in [1.54, 1.807) is 0 Å². The smallest absolute Gasteiger partial charge is 0.460 e. The Hall–Kier alpha value is -1.67. The Labute approximate surface area is 166 Å². The number of hydrogen-bond donors (Lipinski definition) is 1. The van der Waals surface area contributed by atoms with Crippen molar-refractivity contribution in [3.05, 3.63) is 0 Å². The minimum atomic E-state index is -8.65. The van der Waals surface area contributed by atoms with Crippen molar-refractivity contribution in [2.24, 2.45) is 0 Å². The number of aliphatic carboxylic acids is 1. The summed E-state index contributed by atoms with van der Waals surface area (Å²) in [5.74, 6) is -44.6. The van der Waals surface area contributed by atoms with Crippen LogP contribution in [-0.4, -0.2) is 77.9 Å². The number of sulfonamides is 1. The lowest BCUT2D eigenvalue weighted by atomic mass is 9.94. The number of carbonyl (C=O) groups is 1. The van der Waals surface area contributed by atoms with E-state index >= 15 is 0 Å². The maximum Gasteiger partial charge on any atom is 0.460 e. The van der Waals surface area contributed by atoms with Crippen LogP contribution in [0.3, 0.4) is 0 Å². The van der Waals surface area contributed by atoms with Crippen molar-refractivity contribution in [2.45, 2.75) is 48.0 Å². The Kier molecular flexibility index (Phi) is 7.56. The largest absolute Gasteiger partial charge is 0.480 e. The highest BCUT2D eigenvalue weighted by Gasteiger charge is 2.94. The van der Waals surface area contributed by atoms with Crippen LogP contribution in [0.25, 0.3) is 0 Å². The number of carboxylic acids is 1. The van der Waals surface area contributed by atoms with Gasteiger partial charge in [-0.25, -0.2) is 8.42 Å². The summed E-state index contributed by atoms with van der Waals surface area (Å²) in [7, 11) is -7.46. The maximum absolute atomic E-state index is 13.8. The van der Waals surface area contributed by atoms with Crippen LogP contribution in [0.15, 0.2) is 0 Å². The molecule has 0 aromatic heterocycles. The molecule has 0 aromatic rings. The van der Waals surface area contributed by atoms with E-state index in [0.29, 0.717) is 6.92 Å². The SMILES string of the molecule is CCN(CC(=O)O)S(=O)(=O)C(F)(F)C(F)(F)C(F)(F)C(F)(F)C(F)(F)C(F)(F)C(F)(F)F. The molecule has 192 valence electrons. The van der Waals surface area contributed by atoms with Gasteiger partial charge in [0.1, 0.15) is 6.54 Å². The minimum Gasteiger partial charge on any atom is -0.480 e. The fourth-order valence-electron chi connectivity index (χ4n) is 1.79. The molecule has 0 aliphatic rings. The first kappa shape index (κ1) is 30.3. The number of likely N-dealkylation sites (N-methyl/N-ethyl adjacent to an activating group) is 1. The summed E-state index contributed by atoms with van der Waals surface area (Å²) in [5.41, 5.74) is 0. The highest BCUT2D eigenvalue weighted by molar-refractivity contribution is 7.90. The molecule has 21 heteroatoms. The van der Waals surface area contributed by atoms with E-state index in [1.807, 2.05) is 0 Å². The first-order valence-electron chi connectivity index (χ1n) is 7.18. The molecule has 0 unspecified atom stereocenters. The van der Waals surface area contributed by atoms with Gasteiger partial charge in [-0.3, -0.25) is 4.79 Å². The minimum absolute atomic E-state index is 0.430. The van der Waals surface area contributed by atoms with Crippen molar-refractivity contribution in [3.8, 4) is 0 Å². The van der Waals surface area contributed by atoms with Crippen molar-refractivity contribution >= 4 is 16.0 Å². The molecule has 5 nitrogen and oxygen atoms in total. The summed E-state index contributed by atoms with van der Waals surface area (Å²) < 4.78 is 217. The van der Waals surface area contributed by atoms with Gasteiger partial charge in [-0.1, -0.05) is 6.92 Å². The number of rotatable bonds is 10. The van der Waals surface area contributed by atoms with Crippen molar-refractivity contribution in [3.63, 3.8) is 0 Å². The molecule has 0 aliphatic carbocycles. The molecule has 0 bridgehead atoms. The number of nitrogens with zero attached hydrogens (tertiary/aromatic N) is 1. The zero-order valence-electron chi connectivity index (χ0n) is 14.6. The number of halogens is 15. The Morgan fingerprint density at radius 2 is 1.00 bits per heavy atom. The van der Waals surface area contributed by atoms with E-state index in [4.69, 9.17) is 5.11 Å². The quantitative estimate of drug-likeness (QED) is 0.429. The van der Waals surface area contributed by atoms with Crippen molar-refractivity contribution in [2.75, 3.05) is 13.1 Å². The highest BCUT2D eigenvalue weighted by Crippen LogP contribution is 2.63. The fourth-order valence-corrected chi connectivity index (χ4v) is 3.19. The summed E-state index contributed by atoms with van der Waals surface area (Å²) in [4.78, 5) is 10.4. The van der Waals surface area contributed by atoms with Crippen LogP contribution in [-0.2, 0) is 14.8 Å². The molecule has 0 heterocycles. The van der Waals surface area contributed by atoms with Gasteiger partial charge >= 0.3 is 47.0 Å². The molecule has 0 saturated carbocycles. The fraction of sp³-hybridized carbons (Fsp3) is 0.909. The second kappa shape index (κ2) is 7.97. The van der Waals surface area contributed by atoms with Gasteiger partial charge in [0, 0.05) is 6.54 Å². The number of hydrogen-bond acceptors (Lipinski definition) is 3. The normalized spacial score (nSPS) is 15.9. The Balaban J connectivity index is 6.88. The zero-order valence-corrected chi connectivity index (χ0v) is 15.4. The summed E-state index contributed by atoms with van der Waals surface area (Å²) in [5, 5.41) is 0.690. The number of alkyl halides is 15. The van der Waals surface area contributed by atoms with Gasteiger partial charge in [0.25, 0.3) is 10.0 Å². The van der Waals surface area contributed by atoms with E-state index in [0.717, 1.165) is 0 Å². The van der Waals surface area contributed by atoms with Gasteiger partial charge in [0.05, 0.1) is 0 Å². The predicted molar refractivity (Wildman–Crippen MR) is 69.5 cm³/mol. The van der Waals surface area contributed by atoms with Crippen LogP contribution in [0.4, 0.5) is 65.9 Å². The Morgan fingerprint density at radius 3 is 1.28 bits per heavy atom. The maximum atomic E-state index is 13.8. The van der Waals surface area contributed by atoms with Crippen molar-refractivity contribution in [1.29, 1.82) is 0 Å². The molecule has 0 radical (unpaired) electrons. The summed E-state index contributed by atoms with van der Waals surface area (Å²) in [6, 6.07) is 0. The third-order valence-electron chi connectivity index (χ3n) is 3.63. The summed E-state index contributed by atoms with van der Waals surface area (Å²) in [6.07, 6.45) is -7.79. The molecule has 0 saturated heterocycles. The molecule has 0 rings (SSSR count). The second-order valence-corrected chi connectivity index (χ2v) is 7.69. The van der Waals surface area contributed by atoms with Crippen LogP contribution in [0.5, 0.6) is 0 Å². The molecule has 0 fully saturated rings. The molecule has 0 aliphatic heterocycles. The second-order valence-electron chi connectivity index (χ2n) is 5.71. The van der Waals surface area contributed by atoms with Gasteiger partial charge < -0.3 is 5.11 Å². The summed E-state index contributed by atoms with van der Waals surface area (Å²) >= 11 is 0. The van der Waals surface area contributed by atoms with E-state index in [-0.39, 0.29) is 0 Å². The van der Waals surface area contributed by atoms with Gasteiger partial charge in [0.2, 0.25) is 0 Å². The Morgan fingerprint density at radius 1 is 0.688 bits per heavy atom. The van der Waals surface area contributed by atoms with Gasteiger partial charge in [-0.05, 0) is 0 Å². The lowest BCUT2D eigenvalue weighted by molar-refractivity contribution is -0.447. The first-order valence-corrected chi connectivity index (χ1v) is 8.62. The molecule has 0 atom stereocenters. The molecule has 1 N–H and O–H groups in total. The average molecular weight is 535 g/mol. The lowest BCUT2D eigenvalue weighted by Crippen LogP contribution is -2.73. The molecular weight excluding hydrogens is 527 g/mol. The van der Waals surface area contributed by atoms with Crippen molar-refractivity contribution < 1.29 is 84.2 Å². The van der Waals surface area contributed by atoms with Crippen LogP contribution in [0.1, 0.15) is 6.92 Å².